The number of benzene rings is 1. The van der Waals surface area contributed by atoms with Gasteiger partial charge >= 0.3 is 6.03 Å². The SMILES string of the molecule is COCCCNC(=O)Nc1ccc(-n2ccnn2)cc1. The number of hydrogen-bond acceptors (Lipinski definition) is 4. The molecule has 0 aliphatic heterocycles. The maximum atomic E-state index is 11.6. The van der Waals surface area contributed by atoms with Gasteiger partial charge in [0, 0.05) is 25.9 Å². The Balaban J connectivity index is 1.83. The van der Waals surface area contributed by atoms with E-state index in [1.807, 2.05) is 24.3 Å². The highest BCUT2D eigenvalue weighted by molar-refractivity contribution is 5.89. The van der Waals surface area contributed by atoms with Gasteiger partial charge in [-0.05, 0) is 30.7 Å². The smallest absolute Gasteiger partial charge is 0.319 e. The summed E-state index contributed by atoms with van der Waals surface area (Å²) in [6.45, 7) is 1.21. The lowest BCUT2D eigenvalue weighted by molar-refractivity contribution is 0.194. The van der Waals surface area contributed by atoms with Crippen LogP contribution in [0.25, 0.3) is 5.69 Å². The molecular formula is C13H17N5O2. The molecule has 0 unspecified atom stereocenters. The molecule has 20 heavy (non-hydrogen) atoms. The number of hydrogen-bond donors (Lipinski definition) is 2. The number of methoxy groups -OCH3 is 1. The van der Waals surface area contributed by atoms with Crippen LogP contribution in [0.4, 0.5) is 10.5 Å². The van der Waals surface area contributed by atoms with Crippen molar-refractivity contribution in [1.29, 1.82) is 0 Å². The molecule has 2 amide bonds. The summed E-state index contributed by atoms with van der Waals surface area (Å²) in [6, 6.07) is 7.11. The van der Waals surface area contributed by atoms with Gasteiger partial charge in [0.25, 0.3) is 0 Å². The number of rotatable bonds is 6. The lowest BCUT2D eigenvalue weighted by Gasteiger charge is -2.08. The van der Waals surface area contributed by atoms with Gasteiger partial charge in [0.15, 0.2) is 0 Å². The van der Waals surface area contributed by atoms with Crippen molar-refractivity contribution in [1.82, 2.24) is 20.3 Å². The van der Waals surface area contributed by atoms with Crippen molar-refractivity contribution in [3.8, 4) is 5.69 Å². The Kier molecular flexibility index (Phi) is 5.08. The highest BCUT2D eigenvalue weighted by Gasteiger charge is 2.02. The second kappa shape index (κ2) is 7.25. The van der Waals surface area contributed by atoms with E-state index in [0.717, 1.165) is 17.8 Å². The molecule has 1 heterocycles. The summed E-state index contributed by atoms with van der Waals surface area (Å²) in [5.74, 6) is 0. The Morgan fingerprint density at radius 2 is 2.15 bits per heavy atom. The van der Waals surface area contributed by atoms with Gasteiger partial charge in [-0.1, -0.05) is 5.21 Å². The molecule has 0 radical (unpaired) electrons. The van der Waals surface area contributed by atoms with Crippen LogP contribution in [-0.2, 0) is 4.74 Å². The Hall–Kier alpha value is -2.41. The van der Waals surface area contributed by atoms with E-state index >= 15 is 0 Å². The minimum Gasteiger partial charge on any atom is -0.385 e. The average Bonchev–Trinajstić information content (AvgIpc) is 2.99. The first-order valence-corrected chi connectivity index (χ1v) is 6.30. The standard InChI is InChI=1S/C13H17N5O2/c1-20-10-2-7-14-13(19)16-11-3-5-12(6-4-11)18-9-8-15-17-18/h3-6,8-9H,2,7,10H2,1H3,(H2,14,16,19). The molecule has 0 bridgehead atoms. The third kappa shape index (κ3) is 4.06. The van der Waals surface area contributed by atoms with Gasteiger partial charge in [-0.3, -0.25) is 0 Å². The van der Waals surface area contributed by atoms with E-state index in [2.05, 4.69) is 20.9 Å². The average molecular weight is 275 g/mol. The molecule has 0 spiro atoms. The van der Waals surface area contributed by atoms with Gasteiger partial charge < -0.3 is 15.4 Å². The van der Waals surface area contributed by atoms with E-state index < -0.39 is 0 Å². The summed E-state index contributed by atoms with van der Waals surface area (Å²) in [5, 5.41) is 13.1. The van der Waals surface area contributed by atoms with Crippen molar-refractivity contribution in [2.75, 3.05) is 25.6 Å². The second-order valence-electron chi connectivity index (χ2n) is 4.12. The predicted molar refractivity (Wildman–Crippen MR) is 74.9 cm³/mol. The van der Waals surface area contributed by atoms with Gasteiger partial charge in [0.05, 0.1) is 18.1 Å². The van der Waals surface area contributed by atoms with E-state index in [-0.39, 0.29) is 6.03 Å². The minimum absolute atomic E-state index is 0.227. The Labute approximate surface area is 116 Å². The number of amides is 2. The highest BCUT2D eigenvalue weighted by Crippen LogP contribution is 2.11. The van der Waals surface area contributed by atoms with Crippen LogP contribution in [0.5, 0.6) is 0 Å². The summed E-state index contributed by atoms with van der Waals surface area (Å²) >= 11 is 0. The first-order valence-electron chi connectivity index (χ1n) is 6.30. The highest BCUT2D eigenvalue weighted by atomic mass is 16.5. The van der Waals surface area contributed by atoms with Crippen molar-refractivity contribution in [3.63, 3.8) is 0 Å². The summed E-state index contributed by atoms with van der Waals surface area (Å²) in [6.07, 6.45) is 4.15. The van der Waals surface area contributed by atoms with Crippen LogP contribution in [0.15, 0.2) is 36.7 Å². The molecule has 0 atom stereocenters. The summed E-state index contributed by atoms with van der Waals surface area (Å²) in [7, 11) is 1.64. The molecule has 2 N–H and O–H groups in total. The number of carbonyl (C=O) groups excluding carboxylic acids is 1. The zero-order valence-corrected chi connectivity index (χ0v) is 11.2. The normalized spacial score (nSPS) is 10.2. The lowest BCUT2D eigenvalue weighted by Crippen LogP contribution is -2.30. The van der Waals surface area contributed by atoms with Crippen molar-refractivity contribution >= 4 is 11.7 Å². The zero-order chi connectivity index (χ0) is 14.2. The number of ether oxygens (including phenoxy) is 1. The number of nitrogens with one attached hydrogen (secondary N) is 2. The van der Waals surface area contributed by atoms with Crippen molar-refractivity contribution in [3.05, 3.63) is 36.7 Å². The van der Waals surface area contributed by atoms with Crippen LogP contribution in [0.3, 0.4) is 0 Å². The fourth-order valence-electron chi connectivity index (χ4n) is 1.64. The van der Waals surface area contributed by atoms with E-state index in [4.69, 9.17) is 4.74 Å². The molecule has 106 valence electrons. The zero-order valence-electron chi connectivity index (χ0n) is 11.2. The lowest BCUT2D eigenvalue weighted by atomic mass is 10.3. The largest absolute Gasteiger partial charge is 0.385 e. The van der Waals surface area contributed by atoms with Crippen LogP contribution in [-0.4, -0.2) is 41.3 Å². The number of urea groups is 1. The van der Waals surface area contributed by atoms with Gasteiger partial charge in [-0.2, -0.15) is 0 Å². The molecule has 2 aromatic rings. The predicted octanol–water partition coefficient (Wildman–Crippen LogP) is 1.43. The third-order valence-corrected chi connectivity index (χ3v) is 2.62. The van der Waals surface area contributed by atoms with Gasteiger partial charge in [-0.25, -0.2) is 9.48 Å². The molecule has 0 aliphatic carbocycles. The molecular weight excluding hydrogens is 258 g/mol. The monoisotopic (exact) mass is 275 g/mol. The van der Waals surface area contributed by atoms with Crippen molar-refractivity contribution in [2.45, 2.75) is 6.42 Å². The molecule has 0 saturated carbocycles. The molecule has 7 heteroatoms. The minimum atomic E-state index is -0.227. The summed E-state index contributed by atoms with van der Waals surface area (Å²) < 4.78 is 6.55. The molecule has 1 aromatic carbocycles. The maximum absolute atomic E-state index is 11.6. The van der Waals surface area contributed by atoms with Crippen molar-refractivity contribution < 1.29 is 9.53 Å². The molecule has 2 rings (SSSR count). The fourth-order valence-corrected chi connectivity index (χ4v) is 1.64. The summed E-state index contributed by atoms with van der Waals surface area (Å²) in [4.78, 5) is 11.6. The van der Waals surface area contributed by atoms with Crippen LogP contribution in [0.1, 0.15) is 6.42 Å². The van der Waals surface area contributed by atoms with Crippen LogP contribution in [0, 0.1) is 0 Å². The number of aromatic nitrogens is 3. The molecule has 0 aliphatic rings. The Morgan fingerprint density at radius 1 is 1.35 bits per heavy atom. The molecule has 1 aromatic heterocycles. The molecule has 0 saturated heterocycles. The van der Waals surface area contributed by atoms with Gasteiger partial charge in [0.2, 0.25) is 0 Å². The number of carbonyl (C=O) groups is 1. The van der Waals surface area contributed by atoms with Crippen LogP contribution < -0.4 is 10.6 Å². The first kappa shape index (κ1) is 14.0. The third-order valence-electron chi connectivity index (χ3n) is 2.62. The van der Waals surface area contributed by atoms with E-state index in [1.165, 1.54) is 0 Å². The first-order chi connectivity index (χ1) is 9.79. The Bertz CT molecular complexity index is 524. The van der Waals surface area contributed by atoms with E-state index in [0.29, 0.717) is 13.2 Å². The van der Waals surface area contributed by atoms with Crippen molar-refractivity contribution in [2.24, 2.45) is 0 Å². The van der Waals surface area contributed by atoms with E-state index in [1.54, 1.807) is 24.2 Å². The quantitative estimate of drug-likeness (QED) is 0.781. The number of nitrogens with zero attached hydrogens (tertiary/aromatic N) is 3. The second-order valence-corrected chi connectivity index (χ2v) is 4.12. The van der Waals surface area contributed by atoms with Crippen LogP contribution >= 0.6 is 0 Å². The fraction of sp³-hybridized carbons (Fsp3) is 0.308. The summed E-state index contributed by atoms with van der Waals surface area (Å²) in [5.41, 5.74) is 1.60. The number of anilines is 1. The Morgan fingerprint density at radius 3 is 2.80 bits per heavy atom. The van der Waals surface area contributed by atoms with Crippen LogP contribution in [0.2, 0.25) is 0 Å². The maximum Gasteiger partial charge on any atom is 0.319 e. The molecule has 0 fully saturated rings. The topological polar surface area (TPSA) is 81.1 Å². The van der Waals surface area contributed by atoms with Gasteiger partial charge in [-0.15, -0.1) is 5.10 Å². The van der Waals surface area contributed by atoms with E-state index in [9.17, 15) is 4.79 Å². The van der Waals surface area contributed by atoms with Gasteiger partial charge in [0.1, 0.15) is 0 Å². The molecule has 7 nitrogen and oxygen atoms in total.